The van der Waals surface area contributed by atoms with E-state index in [1.807, 2.05) is 6.92 Å². The van der Waals surface area contributed by atoms with E-state index in [1.54, 1.807) is 13.2 Å². The van der Waals surface area contributed by atoms with E-state index in [1.165, 1.54) is 0 Å². The van der Waals surface area contributed by atoms with E-state index in [0.717, 1.165) is 63.4 Å². The lowest BCUT2D eigenvalue weighted by Crippen LogP contribution is -2.62. The Morgan fingerprint density at radius 3 is 2.57 bits per heavy atom. The van der Waals surface area contributed by atoms with Gasteiger partial charge in [0.25, 0.3) is 0 Å². The molecule has 37 heavy (non-hydrogen) atoms. The number of fused-ring (bicyclic) bond motifs is 5. The first-order chi connectivity index (χ1) is 17.6. The van der Waals surface area contributed by atoms with Crippen LogP contribution in [0.15, 0.2) is 11.6 Å². The van der Waals surface area contributed by atoms with Gasteiger partial charge in [0.1, 0.15) is 12.7 Å². The van der Waals surface area contributed by atoms with Gasteiger partial charge in [-0.25, -0.2) is 4.79 Å². The minimum Gasteiger partial charge on any atom is -0.458 e. The standard InChI is InChI=1S/C30H46O7/c1-17-27(32)24(34-4)15-26(36-17)37-20-7-10-28(2)19(14-20)5-6-23-22(28)8-11-29(3)21(9-12-30(23,29)33)18-13-25(31)35-16-18/h13,17,19-24,26-27,32-33H,5-12,14-16H2,1-4H3/t17-,19?,20+,21?,22?,23?,24-,26+,27+,28?,29?,30+/m1/s1. The third kappa shape index (κ3) is 3.97. The molecule has 2 N–H and O–H groups in total. The summed E-state index contributed by atoms with van der Waals surface area (Å²) in [7, 11) is 1.64. The van der Waals surface area contributed by atoms with Gasteiger partial charge in [-0.05, 0) is 99.4 Å². The molecular formula is C30H46O7. The zero-order valence-corrected chi connectivity index (χ0v) is 23.0. The van der Waals surface area contributed by atoms with E-state index in [9.17, 15) is 15.0 Å². The van der Waals surface area contributed by atoms with Crippen LogP contribution in [0.1, 0.15) is 85.0 Å². The Labute approximate surface area is 221 Å². The molecule has 0 amide bonds. The quantitative estimate of drug-likeness (QED) is 0.427. The van der Waals surface area contributed by atoms with Crippen molar-refractivity contribution < 1.29 is 34.0 Å². The number of carbonyl (C=O) groups is 1. The number of cyclic esters (lactones) is 1. The van der Waals surface area contributed by atoms with E-state index >= 15 is 0 Å². The second-order valence-corrected chi connectivity index (χ2v) is 13.6. The summed E-state index contributed by atoms with van der Waals surface area (Å²) in [6.45, 7) is 7.07. The third-order valence-corrected chi connectivity index (χ3v) is 12.2. The van der Waals surface area contributed by atoms with E-state index in [4.69, 9.17) is 18.9 Å². The fourth-order valence-corrected chi connectivity index (χ4v) is 10.0. The molecule has 5 fully saturated rings. The van der Waals surface area contributed by atoms with Gasteiger partial charge in [0.05, 0.1) is 23.9 Å². The zero-order valence-electron chi connectivity index (χ0n) is 23.0. The predicted molar refractivity (Wildman–Crippen MR) is 136 cm³/mol. The van der Waals surface area contributed by atoms with Crippen molar-refractivity contribution in [3.8, 4) is 0 Å². The molecule has 208 valence electrons. The van der Waals surface area contributed by atoms with E-state index in [0.29, 0.717) is 30.8 Å². The normalized spacial score (nSPS) is 53.6. The highest BCUT2D eigenvalue weighted by atomic mass is 16.7. The minimum absolute atomic E-state index is 0.166. The van der Waals surface area contributed by atoms with Crippen LogP contribution in [-0.4, -0.2) is 66.2 Å². The van der Waals surface area contributed by atoms with E-state index < -0.39 is 11.7 Å². The molecule has 4 aliphatic carbocycles. The number of methoxy groups -OCH3 is 1. The van der Waals surface area contributed by atoms with Crippen LogP contribution in [0, 0.1) is 34.5 Å². The van der Waals surface area contributed by atoms with Crippen LogP contribution < -0.4 is 0 Å². The van der Waals surface area contributed by atoms with Crippen molar-refractivity contribution in [2.75, 3.05) is 13.7 Å². The molecule has 0 radical (unpaired) electrons. The average molecular weight is 519 g/mol. The van der Waals surface area contributed by atoms with Gasteiger partial charge in [0.15, 0.2) is 6.29 Å². The maximum atomic E-state index is 12.4. The van der Waals surface area contributed by atoms with Crippen LogP contribution in [0.5, 0.6) is 0 Å². The van der Waals surface area contributed by atoms with Gasteiger partial charge >= 0.3 is 5.97 Å². The predicted octanol–water partition coefficient (Wildman–Crippen LogP) is 4.14. The summed E-state index contributed by atoms with van der Waals surface area (Å²) in [6, 6.07) is 0. The van der Waals surface area contributed by atoms with Crippen LogP contribution in [0.3, 0.4) is 0 Å². The number of hydrogen-bond donors (Lipinski definition) is 2. The fourth-order valence-electron chi connectivity index (χ4n) is 10.0. The van der Waals surface area contributed by atoms with Crippen molar-refractivity contribution in [3.05, 3.63) is 11.6 Å². The lowest BCUT2D eigenvalue weighted by molar-refractivity contribution is -0.273. The maximum Gasteiger partial charge on any atom is 0.331 e. The molecule has 2 aliphatic heterocycles. The molecule has 4 saturated carbocycles. The summed E-state index contributed by atoms with van der Waals surface area (Å²) >= 11 is 0. The highest BCUT2D eigenvalue weighted by molar-refractivity contribution is 5.85. The monoisotopic (exact) mass is 518 g/mol. The molecule has 0 bridgehead atoms. The van der Waals surface area contributed by atoms with Gasteiger partial charge in [-0.2, -0.15) is 0 Å². The Morgan fingerprint density at radius 1 is 1.03 bits per heavy atom. The molecule has 1 saturated heterocycles. The Hall–Kier alpha value is -0.990. The van der Waals surface area contributed by atoms with Crippen molar-refractivity contribution in [2.45, 2.75) is 121 Å². The van der Waals surface area contributed by atoms with Gasteiger partial charge < -0.3 is 29.2 Å². The fraction of sp³-hybridized carbons (Fsp3) is 0.900. The van der Waals surface area contributed by atoms with Crippen LogP contribution >= 0.6 is 0 Å². The Bertz CT molecular complexity index is 935. The van der Waals surface area contributed by atoms with Crippen LogP contribution in [0.4, 0.5) is 0 Å². The number of carbonyl (C=O) groups excluding carboxylic acids is 1. The van der Waals surface area contributed by atoms with Gasteiger partial charge in [0.2, 0.25) is 0 Å². The Balaban J connectivity index is 1.15. The van der Waals surface area contributed by atoms with Crippen LogP contribution in [0.2, 0.25) is 0 Å². The molecule has 7 heteroatoms. The number of hydrogen-bond acceptors (Lipinski definition) is 7. The smallest absolute Gasteiger partial charge is 0.331 e. The van der Waals surface area contributed by atoms with Gasteiger partial charge in [-0.1, -0.05) is 13.8 Å². The van der Waals surface area contributed by atoms with Crippen molar-refractivity contribution in [3.63, 3.8) is 0 Å². The molecule has 7 nitrogen and oxygen atoms in total. The maximum absolute atomic E-state index is 12.4. The molecule has 0 aromatic rings. The van der Waals surface area contributed by atoms with Crippen molar-refractivity contribution in [1.82, 2.24) is 0 Å². The summed E-state index contributed by atoms with van der Waals surface area (Å²) in [6.07, 6.45) is 10.2. The molecule has 0 aromatic heterocycles. The van der Waals surface area contributed by atoms with Crippen molar-refractivity contribution >= 4 is 5.97 Å². The van der Waals surface area contributed by atoms with Gasteiger partial charge in [-0.3, -0.25) is 0 Å². The minimum atomic E-state index is -0.670. The first-order valence-electron chi connectivity index (χ1n) is 14.7. The first kappa shape index (κ1) is 26.2. The number of aliphatic hydroxyl groups excluding tert-OH is 1. The Morgan fingerprint density at radius 2 is 1.84 bits per heavy atom. The second-order valence-electron chi connectivity index (χ2n) is 13.6. The number of esters is 1. The largest absolute Gasteiger partial charge is 0.458 e. The van der Waals surface area contributed by atoms with Crippen LogP contribution in [0.25, 0.3) is 0 Å². The van der Waals surface area contributed by atoms with Crippen molar-refractivity contribution in [1.29, 1.82) is 0 Å². The second kappa shape index (κ2) is 9.29. The molecule has 2 heterocycles. The summed E-state index contributed by atoms with van der Waals surface area (Å²) in [5.74, 6) is 1.45. The third-order valence-electron chi connectivity index (χ3n) is 12.2. The molecule has 0 aromatic carbocycles. The lowest BCUT2D eigenvalue weighted by atomic mass is 9.43. The van der Waals surface area contributed by atoms with E-state index in [2.05, 4.69) is 13.8 Å². The van der Waals surface area contributed by atoms with Crippen LogP contribution in [-0.2, 0) is 23.7 Å². The molecule has 0 spiro atoms. The van der Waals surface area contributed by atoms with Gasteiger partial charge in [0, 0.05) is 25.0 Å². The summed E-state index contributed by atoms with van der Waals surface area (Å²) < 4.78 is 23.2. The SMILES string of the molecule is CO[C@@H]1C[C@H](O[C@H]2CCC3(C)C(CCC4C3CCC3(C)C(C5=CC(=O)OC5)CC[C@]43O)C2)O[C@H](C)[C@@H]1O. The number of ether oxygens (including phenoxy) is 4. The molecule has 12 atom stereocenters. The molecule has 6 aliphatic rings. The Kier molecular flexibility index (Phi) is 6.59. The summed E-state index contributed by atoms with van der Waals surface area (Å²) in [4.78, 5) is 11.8. The first-order valence-corrected chi connectivity index (χ1v) is 14.7. The summed E-state index contributed by atoms with van der Waals surface area (Å²) in [5.41, 5.74) is 0.461. The highest BCUT2D eigenvalue weighted by Gasteiger charge is 2.67. The molecule has 6 unspecified atom stereocenters. The van der Waals surface area contributed by atoms with Gasteiger partial charge in [-0.15, -0.1) is 0 Å². The highest BCUT2D eigenvalue weighted by Crippen LogP contribution is 2.70. The molecular weight excluding hydrogens is 472 g/mol. The average Bonchev–Trinajstić information content (AvgIpc) is 3.41. The van der Waals surface area contributed by atoms with E-state index in [-0.39, 0.29) is 47.3 Å². The number of rotatable bonds is 4. The summed E-state index contributed by atoms with van der Waals surface area (Å²) in [5, 5.41) is 22.7. The topological polar surface area (TPSA) is 94.5 Å². The zero-order chi connectivity index (χ0) is 26.2. The molecule has 6 rings (SSSR count). The van der Waals surface area contributed by atoms with Crippen molar-refractivity contribution in [2.24, 2.45) is 34.5 Å². The number of aliphatic hydroxyl groups is 2. The lowest BCUT2D eigenvalue weighted by Gasteiger charge is -2.64.